The highest BCUT2D eigenvalue weighted by Gasteiger charge is 2.18. The Morgan fingerprint density at radius 2 is 0.988 bits per heavy atom. The van der Waals surface area contributed by atoms with Crippen LogP contribution in [0.3, 0.4) is 0 Å². The molecule has 0 atom stereocenters. The molecule has 9 aromatic carbocycles. The van der Waals surface area contributed by atoms with E-state index in [1.54, 1.807) is 41.0 Å². The minimum atomic E-state index is -0.420. The number of hydrogen-bond acceptors (Lipinski definition) is 9. The van der Waals surface area contributed by atoms with Crippen molar-refractivity contribution in [3.05, 3.63) is 284 Å². The molecule has 0 amide bonds. The van der Waals surface area contributed by atoms with E-state index in [1.807, 2.05) is 138 Å². The van der Waals surface area contributed by atoms with E-state index in [2.05, 4.69) is 53.7 Å². The fraction of sp³-hybridized carbons (Fsp3) is 0.136. The van der Waals surface area contributed by atoms with Crippen molar-refractivity contribution >= 4 is 126 Å². The Balaban J connectivity index is 0.000000152. The molecule has 0 bridgehead atoms. The second kappa shape index (κ2) is 29.0. The molecule has 19 heteroatoms. The van der Waals surface area contributed by atoms with Crippen LogP contribution in [0.1, 0.15) is 54.9 Å². The molecule has 11 aromatic rings. The smallest absolute Gasteiger partial charge is 0.292 e. The van der Waals surface area contributed by atoms with E-state index in [4.69, 9.17) is 86.5 Å². The zero-order valence-electron chi connectivity index (χ0n) is 46.8. The average molecular weight is 1250 g/mol. The monoisotopic (exact) mass is 1250 g/mol. The van der Waals surface area contributed by atoms with Gasteiger partial charge in [0.15, 0.2) is 5.78 Å². The van der Waals surface area contributed by atoms with Gasteiger partial charge in [0.1, 0.15) is 5.69 Å². The van der Waals surface area contributed by atoms with Gasteiger partial charge in [0, 0.05) is 44.8 Å². The molecule has 0 saturated carbocycles. The zero-order valence-corrected chi connectivity index (χ0v) is 51.4. The molecule has 11 rings (SSSR count). The van der Waals surface area contributed by atoms with Crippen molar-refractivity contribution in [2.45, 2.75) is 60.4 Å². The number of Topliss-reactive ketones (excluding diaryl/α,β-unsaturated/α-hetero) is 1. The third kappa shape index (κ3) is 16.3. The number of imidazole rings is 2. The quantitative estimate of drug-likeness (QED) is 0.0308. The number of anilines is 4. The molecule has 0 aliphatic carbocycles. The summed E-state index contributed by atoms with van der Waals surface area (Å²) in [4.78, 5) is 27.8. The number of ketones is 1. The third-order valence-electron chi connectivity index (χ3n) is 14.1. The molecule has 0 saturated heterocycles. The first-order valence-corrected chi connectivity index (χ1v) is 29.0. The SMILES string of the molecule is Cc1ccccc1CNc1cc(Cl)ccc1N.Cc1ccccc1CNc1cc(Cl)ccc1[N+](=O)[O-].Cc1ccccc1Cn1c(=N)n(CC(=O)c2ccc(Cl)c(Cl)c2)c2ccc(Cl)cc21.Cc1ccccc1Cn1c(N)nc2ccc(Cl)cc21. The van der Waals surface area contributed by atoms with Gasteiger partial charge in [-0.2, -0.15) is 0 Å². The van der Waals surface area contributed by atoms with Crippen LogP contribution >= 0.6 is 69.6 Å². The Morgan fingerprint density at radius 3 is 1.54 bits per heavy atom. The van der Waals surface area contributed by atoms with Gasteiger partial charge < -0.3 is 35.8 Å². The number of nitrogen functional groups attached to an aromatic ring is 2. The summed E-state index contributed by atoms with van der Waals surface area (Å²) in [6, 6.07) is 58.2. The number of rotatable bonds is 14. The fourth-order valence-corrected chi connectivity index (χ4v) is 10.2. The standard InChI is InChI=1S/C23H18Cl3N3O.C15H14ClN3.C14H13ClN2O2.C14H15ClN2/c1-14-4-2-3-5-16(14)12-28-21-11-17(24)7-9-20(21)29(23(28)27)13-22(30)15-6-8-18(25)19(26)10-15;1-10-4-2-3-5-11(10)9-19-14-8-12(16)6-7-13(14)18-15(19)17;1-10-4-2-3-5-11(10)9-16-13-8-12(15)6-7-14(13)17(18)19;1-10-4-2-3-5-11(10)9-17-14-8-12(15)6-7-13(14)16/h2-11,27H,12-13H2,1H3;2-8H,9H2,1H3,(H2,17,18);2-8,16H,9H2,1H3;2-8,17H,9,16H2,1H3. The van der Waals surface area contributed by atoms with Gasteiger partial charge in [-0.25, -0.2) is 4.98 Å². The van der Waals surface area contributed by atoms with Gasteiger partial charge in [-0.1, -0.05) is 167 Å². The number of carbonyl (C=O) groups is 1. The normalized spacial score (nSPS) is 10.8. The predicted molar refractivity (Wildman–Crippen MR) is 352 cm³/mol. The molecule has 2 aromatic heterocycles. The van der Waals surface area contributed by atoms with Crippen LogP contribution < -0.4 is 27.7 Å². The van der Waals surface area contributed by atoms with Gasteiger partial charge in [0.05, 0.1) is 68.0 Å². The molecule has 0 fully saturated rings. The van der Waals surface area contributed by atoms with Crippen molar-refractivity contribution < 1.29 is 9.72 Å². The lowest BCUT2D eigenvalue weighted by atomic mass is 10.1. The number of nitrogens with two attached hydrogens (primary N) is 2. The van der Waals surface area contributed by atoms with Crippen LogP contribution in [0, 0.1) is 43.2 Å². The Bertz CT molecular complexity index is 4270. The molecule has 434 valence electrons. The average Bonchev–Trinajstić information content (AvgIpc) is 2.34. The van der Waals surface area contributed by atoms with Gasteiger partial charge in [0.2, 0.25) is 11.6 Å². The number of nitrogens with one attached hydrogen (secondary N) is 3. The summed E-state index contributed by atoms with van der Waals surface area (Å²) in [5.41, 5.74) is 27.5. The number of carbonyl (C=O) groups excluding carboxylic acids is 1. The zero-order chi connectivity index (χ0) is 60.9. The van der Waals surface area contributed by atoms with Crippen LogP contribution in [-0.2, 0) is 32.7 Å². The molecule has 0 spiro atoms. The number of nitro groups is 1. The maximum Gasteiger partial charge on any atom is 0.292 e. The van der Waals surface area contributed by atoms with E-state index < -0.39 is 4.92 Å². The van der Waals surface area contributed by atoms with E-state index in [-0.39, 0.29) is 23.6 Å². The van der Waals surface area contributed by atoms with E-state index >= 15 is 0 Å². The second-order valence-corrected chi connectivity index (χ2v) is 22.5. The van der Waals surface area contributed by atoms with Crippen molar-refractivity contribution in [1.82, 2.24) is 18.7 Å². The van der Waals surface area contributed by atoms with Crippen molar-refractivity contribution in [3.63, 3.8) is 0 Å². The van der Waals surface area contributed by atoms with Crippen LogP contribution in [-0.4, -0.2) is 29.4 Å². The van der Waals surface area contributed by atoms with Crippen LogP contribution in [0.25, 0.3) is 22.1 Å². The first kappa shape index (κ1) is 62.8. The number of nitrogens with zero attached hydrogens (tertiary/aromatic N) is 5. The largest absolute Gasteiger partial charge is 0.397 e. The van der Waals surface area contributed by atoms with Crippen molar-refractivity contribution in [3.8, 4) is 0 Å². The van der Waals surface area contributed by atoms with Gasteiger partial charge in [-0.05, 0) is 157 Å². The number of hydrogen-bond donors (Lipinski definition) is 5. The molecule has 13 nitrogen and oxygen atoms in total. The molecule has 0 aliphatic heterocycles. The van der Waals surface area contributed by atoms with E-state index in [9.17, 15) is 14.9 Å². The Hall–Kier alpha value is -8.27. The third-order valence-corrected chi connectivity index (χ3v) is 15.8. The first-order chi connectivity index (χ1) is 40.7. The summed E-state index contributed by atoms with van der Waals surface area (Å²) < 4.78 is 5.55. The summed E-state index contributed by atoms with van der Waals surface area (Å²) in [6.07, 6.45) is 0. The summed E-state index contributed by atoms with van der Waals surface area (Å²) in [7, 11) is 0. The number of fused-ring (bicyclic) bond motifs is 2. The predicted octanol–water partition coefficient (Wildman–Crippen LogP) is 17.8. The van der Waals surface area contributed by atoms with Crippen molar-refractivity contribution in [2.75, 3.05) is 22.1 Å². The highest BCUT2D eigenvalue weighted by Crippen LogP contribution is 2.30. The van der Waals surface area contributed by atoms with Crippen LogP contribution in [0.2, 0.25) is 30.1 Å². The minimum absolute atomic E-state index is 0.00962. The molecule has 7 N–H and O–H groups in total. The molecule has 0 aliphatic rings. The summed E-state index contributed by atoms with van der Waals surface area (Å²) in [5.74, 6) is 0.359. The lowest BCUT2D eigenvalue weighted by Gasteiger charge is -2.11. The maximum absolute atomic E-state index is 12.9. The molecule has 85 heavy (non-hydrogen) atoms. The topological polar surface area (TPSA) is 188 Å². The molecular weight excluding hydrogens is 1190 g/mol. The lowest BCUT2D eigenvalue weighted by molar-refractivity contribution is -0.384. The minimum Gasteiger partial charge on any atom is -0.397 e. The number of halogens is 6. The summed E-state index contributed by atoms with van der Waals surface area (Å²) >= 11 is 36.1. The van der Waals surface area contributed by atoms with Crippen LogP contribution in [0.5, 0.6) is 0 Å². The molecular formula is C66H60Cl6N10O3. The number of nitro benzene ring substituents is 1. The lowest BCUT2D eigenvalue weighted by Crippen LogP contribution is -2.27. The van der Waals surface area contributed by atoms with Crippen LogP contribution in [0.15, 0.2) is 188 Å². The summed E-state index contributed by atoms with van der Waals surface area (Å²) in [5, 5.41) is 29.2. The summed E-state index contributed by atoms with van der Waals surface area (Å²) in [6.45, 7) is 10.7. The van der Waals surface area contributed by atoms with E-state index in [0.717, 1.165) is 56.6 Å². The number of benzene rings is 9. The van der Waals surface area contributed by atoms with E-state index in [0.29, 0.717) is 72.7 Å². The first-order valence-electron chi connectivity index (χ1n) is 26.7. The van der Waals surface area contributed by atoms with E-state index in [1.165, 1.54) is 34.4 Å². The van der Waals surface area contributed by atoms with Gasteiger partial charge in [-0.3, -0.25) is 20.3 Å². The Kier molecular flexibility index (Phi) is 21.4. The van der Waals surface area contributed by atoms with Crippen molar-refractivity contribution in [2.24, 2.45) is 0 Å². The molecule has 2 heterocycles. The number of aryl methyl sites for hydroxylation is 4. The molecule has 0 radical (unpaired) electrons. The number of aromatic nitrogens is 4. The Labute approximate surface area is 523 Å². The van der Waals surface area contributed by atoms with Crippen molar-refractivity contribution in [1.29, 1.82) is 5.41 Å². The highest BCUT2D eigenvalue weighted by atomic mass is 35.5. The van der Waals surface area contributed by atoms with Gasteiger partial charge in [-0.15, -0.1) is 0 Å². The maximum atomic E-state index is 12.9. The Morgan fingerprint density at radius 1 is 0.518 bits per heavy atom. The van der Waals surface area contributed by atoms with Gasteiger partial charge >= 0.3 is 0 Å². The van der Waals surface area contributed by atoms with Gasteiger partial charge in [0.25, 0.3) is 5.69 Å². The molecule has 0 unspecified atom stereocenters. The highest BCUT2D eigenvalue weighted by molar-refractivity contribution is 6.42. The van der Waals surface area contributed by atoms with Crippen LogP contribution in [0.4, 0.5) is 28.7 Å². The fourth-order valence-electron chi connectivity index (χ4n) is 9.22. The second-order valence-electron chi connectivity index (χ2n) is 19.9.